The van der Waals surface area contributed by atoms with Gasteiger partial charge in [0.05, 0.1) is 20.3 Å². The number of carbonyl (C=O) groups is 1. The Kier molecular flexibility index (Phi) is 5.11. The van der Waals surface area contributed by atoms with Crippen LogP contribution in [0.25, 0.3) is 5.65 Å². The van der Waals surface area contributed by atoms with Gasteiger partial charge in [0.15, 0.2) is 11.5 Å². The summed E-state index contributed by atoms with van der Waals surface area (Å²) in [6, 6.07) is 5.09. The van der Waals surface area contributed by atoms with Crippen LogP contribution in [0.3, 0.4) is 0 Å². The third-order valence-corrected chi connectivity index (χ3v) is 5.62. The van der Waals surface area contributed by atoms with Crippen LogP contribution in [0.1, 0.15) is 41.3 Å². The van der Waals surface area contributed by atoms with Gasteiger partial charge < -0.3 is 19.8 Å². The maximum absolute atomic E-state index is 12.6. The Morgan fingerprint density at radius 3 is 2.67 bits per heavy atom. The van der Waals surface area contributed by atoms with Crippen LogP contribution in [-0.4, -0.2) is 34.7 Å². The first-order valence-corrected chi connectivity index (χ1v) is 9.79. The molecular weight excluding hydrogens is 388 g/mol. The number of aromatic nitrogens is 3. The highest BCUT2D eigenvalue weighted by atomic mass is 16.5. The lowest BCUT2D eigenvalue weighted by atomic mass is 10.1. The highest BCUT2D eigenvalue weighted by Crippen LogP contribution is 2.39. The Bertz CT molecular complexity index is 1240. The first kappa shape index (κ1) is 19.8. The van der Waals surface area contributed by atoms with Crippen LogP contribution in [0, 0.1) is 6.92 Å². The fraction of sp³-hybridized carbons (Fsp3) is 0.381. The fourth-order valence-corrected chi connectivity index (χ4v) is 4.09. The van der Waals surface area contributed by atoms with Gasteiger partial charge in [0.2, 0.25) is 5.91 Å². The average Bonchev–Trinajstić information content (AvgIpc) is 3.29. The molecule has 9 heteroatoms. The molecule has 1 unspecified atom stereocenters. The van der Waals surface area contributed by atoms with E-state index in [1.165, 1.54) is 10.6 Å². The number of methoxy groups -OCH3 is 2. The van der Waals surface area contributed by atoms with Gasteiger partial charge >= 0.3 is 0 Å². The smallest absolute Gasteiger partial charge is 0.276 e. The number of aryl methyl sites for hydroxylation is 2. The van der Waals surface area contributed by atoms with Crippen molar-refractivity contribution in [3.63, 3.8) is 0 Å². The van der Waals surface area contributed by atoms with Gasteiger partial charge in [0.1, 0.15) is 5.65 Å². The van der Waals surface area contributed by atoms with E-state index in [4.69, 9.17) is 9.47 Å². The molecule has 3 N–H and O–H groups in total. The van der Waals surface area contributed by atoms with E-state index in [1.807, 2.05) is 12.1 Å². The van der Waals surface area contributed by atoms with Gasteiger partial charge in [-0.1, -0.05) is 0 Å². The zero-order valence-electron chi connectivity index (χ0n) is 17.1. The van der Waals surface area contributed by atoms with Crippen LogP contribution >= 0.6 is 0 Å². The molecule has 1 aliphatic carbocycles. The van der Waals surface area contributed by atoms with Crippen LogP contribution in [-0.2, 0) is 17.6 Å². The second-order valence-electron chi connectivity index (χ2n) is 7.44. The van der Waals surface area contributed by atoms with E-state index in [-0.39, 0.29) is 35.9 Å². The number of H-pyrrole nitrogens is 2. The van der Waals surface area contributed by atoms with E-state index < -0.39 is 0 Å². The number of benzene rings is 1. The Balaban J connectivity index is 1.48. The summed E-state index contributed by atoms with van der Waals surface area (Å²) in [6.45, 7) is 1.76. The number of amides is 1. The number of nitrogens with zero attached hydrogens (tertiary/aromatic N) is 1. The Morgan fingerprint density at radius 1 is 1.20 bits per heavy atom. The lowest BCUT2D eigenvalue weighted by Crippen LogP contribution is -2.29. The molecule has 1 aliphatic rings. The van der Waals surface area contributed by atoms with Gasteiger partial charge in [-0.05, 0) is 49.4 Å². The van der Waals surface area contributed by atoms with Crippen molar-refractivity contribution in [3.05, 3.63) is 61.3 Å². The summed E-state index contributed by atoms with van der Waals surface area (Å²) in [6.07, 6.45) is 2.08. The molecule has 0 saturated carbocycles. The number of hydrogen-bond donors (Lipinski definition) is 3. The molecule has 1 aromatic carbocycles. The highest BCUT2D eigenvalue weighted by Gasteiger charge is 2.26. The van der Waals surface area contributed by atoms with Gasteiger partial charge in [0, 0.05) is 23.7 Å². The summed E-state index contributed by atoms with van der Waals surface area (Å²) in [5.74, 6) is 1.17. The predicted molar refractivity (Wildman–Crippen MR) is 110 cm³/mol. The molecule has 0 bridgehead atoms. The number of carbonyl (C=O) groups excluding carboxylic acids is 1. The molecule has 30 heavy (non-hydrogen) atoms. The van der Waals surface area contributed by atoms with Gasteiger partial charge in [0.25, 0.3) is 11.1 Å². The Morgan fingerprint density at radius 2 is 1.93 bits per heavy atom. The molecule has 3 aromatic rings. The summed E-state index contributed by atoms with van der Waals surface area (Å²) >= 11 is 0. The van der Waals surface area contributed by atoms with E-state index in [0.29, 0.717) is 28.4 Å². The van der Waals surface area contributed by atoms with Crippen molar-refractivity contribution in [1.29, 1.82) is 0 Å². The minimum Gasteiger partial charge on any atom is -0.493 e. The minimum atomic E-state index is -0.357. The summed E-state index contributed by atoms with van der Waals surface area (Å²) in [7, 11) is 3.18. The summed E-state index contributed by atoms with van der Waals surface area (Å²) < 4.78 is 11.9. The Hall–Kier alpha value is -3.49. The molecule has 0 aliphatic heterocycles. The van der Waals surface area contributed by atoms with Crippen molar-refractivity contribution >= 4 is 11.6 Å². The number of ether oxygens (including phenoxy) is 2. The number of nitrogens with one attached hydrogen (secondary N) is 3. The third kappa shape index (κ3) is 3.47. The zero-order valence-corrected chi connectivity index (χ0v) is 17.1. The van der Waals surface area contributed by atoms with Crippen molar-refractivity contribution in [3.8, 4) is 11.5 Å². The molecule has 0 spiro atoms. The first-order valence-electron chi connectivity index (χ1n) is 9.79. The van der Waals surface area contributed by atoms with Gasteiger partial charge in [-0.3, -0.25) is 19.5 Å². The molecule has 9 nitrogen and oxygen atoms in total. The second kappa shape index (κ2) is 7.74. The number of hydrogen-bond acceptors (Lipinski definition) is 5. The van der Waals surface area contributed by atoms with E-state index >= 15 is 0 Å². The van der Waals surface area contributed by atoms with Crippen molar-refractivity contribution < 1.29 is 14.3 Å². The summed E-state index contributed by atoms with van der Waals surface area (Å²) in [4.78, 5) is 39.8. The normalized spacial score (nSPS) is 15.2. The first-order chi connectivity index (χ1) is 14.4. The van der Waals surface area contributed by atoms with Crippen LogP contribution in [0.5, 0.6) is 11.5 Å². The molecule has 1 amide bonds. The predicted octanol–water partition coefficient (Wildman–Crippen LogP) is 1.38. The van der Waals surface area contributed by atoms with Crippen LogP contribution in [0.15, 0.2) is 27.8 Å². The molecule has 0 radical (unpaired) electrons. The van der Waals surface area contributed by atoms with E-state index in [2.05, 4.69) is 15.4 Å². The van der Waals surface area contributed by atoms with Crippen LogP contribution in [0.4, 0.5) is 0 Å². The molecule has 0 saturated heterocycles. The van der Waals surface area contributed by atoms with Crippen LogP contribution < -0.4 is 25.9 Å². The molecule has 2 aromatic heterocycles. The monoisotopic (exact) mass is 412 g/mol. The van der Waals surface area contributed by atoms with Crippen molar-refractivity contribution in [2.45, 2.75) is 38.6 Å². The molecule has 4 rings (SSSR count). The van der Waals surface area contributed by atoms with Crippen molar-refractivity contribution in [2.75, 3.05) is 14.2 Å². The van der Waals surface area contributed by atoms with Crippen LogP contribution in [0.2, 0.25) is 0 Å². The minimum absolute atomic E-state index is 0.102. The number of aromatic amines is 2. The fourth-order valence-electron chi connectivity index (χ4n) is 4.09. The lowest BCUT2D eigenvalue weighted by Gasteiger charge is -2.16. The van der Waals surface area contributed by atoms with Gasteiger partial charge in [-0.15, -0.1) is 0 Å². The maximum atomic E-state index is 12.6. The highest BCUT2D eigenvalue weighted by molar-refractivity contribution is 5.77. The number of fused-ring (bicyclic) bond motifs is 2. The SMILES string of the molecule is COc1cc2c(cc1OC)C(NC(=O)CCc1c(C)[nH]c3cc(=O)[nH]n3c1=O)CC2. The number of rotatable bonds is 6. The summed E-state index contributed by atoms with van der Waals surface area (Å²) in [5.41, 5.74) is 3.01. The zero-order chi connectivity index (χ0) is 21.4. The molecular formula is C21H24N4O5. The summed E-state index contributed by atoms with van der Waals surface area (Å²) in [5, 5.41) is 5.53. The van der Waals surface area contributed by atoms with Gasteiger partial charge in [-0.2, -0.15) is 0 Å². The largest absolute Gasteiger partial charge is 0.493 e. The van der Waals surface area contributed by atoms with Crippen molar-refractivity contribution in [2.24, 2.45) is 0 Å². The van der Waals surface area contributed by atoms with Gasteiger partial charge in [-0.25, -0.2) is 4.52 Å². The van der Waals surface area contributed by atoms with E-state index in [1.54, 1.807) is 21.1 Å². The molecule has 1 atom stereocenters. The lowest BCUT2D eigenvalue weighted by molar-refractivity contribution is -0.121. The standard InChI is InChI=1S/C21H24N4O5/c1-11-13(21(28)25-18(22-11)10-20(27)24-25)5-7-19(26)23-15-6-4-12-8-16(29-2)17(30-3)9-14(12)15/h8-10,15,22H,4-7H2,1-3H3,(H,23,26)(H,24,27). The molecule has 158 valence electrons. The van der Waals surface area contributed by atoms with Crippen molar-refractivity contribution in [1.82, 2.24) is 19.9 Å². The maximum Gasteiger partial charge on any atom is 0.276 e. The topological polar surface area (TPSA) is 118 Å². The van der Waals surface area contributed by atoms with E-state index in [9.17, 15) is 14.4 Å². The molecule has 0 fully saturated rings. The average molecular weight is 412 g/mol. The third-order valence-electron chi connectivity index (χ3n) is 5.62. The quantitative estimate of drug-likeness (QED) is 0.565. The molecule has 2 heterocycles. The Labute approximate surface area is 172 Å². The second-order valence-corrected chi connectivity index (χ2v) is 7.44. The van der Waals surface area contributed by atoms with E-state index in [0.717, 1.165) is 24.0 Å².